The average Bonchev–Trinajstić information content (AvgIpc) is 3.10. The van der Waals surface area contributed by atoms with E-state index < -0.39 is 12.1 Å². The first-order chi connectivity index (χ1) is 17.8. The van der Waals surface area contributed by atoms with E-state index in [0.29, 0.717) is 35.9 Å². The number of alkyl halides is 3. The lowest BCUT2D eigenvalue weighted by Gasteiger charge is -2.25. The summed E-state index contributed by atoms with van der Waals surface area (Å²) >= 11 is 0. The number of aryl methyl sites for hydroxylation is 1. The molecule has 3 N–H and O–H groups in total. The maximum atomic E-state index is 13.4. The van der Waals surface area contributed by atoms with Crippen molar-refractivity contribution in [1.82, 2.24) is 10.3 Å². The summed E-state index contributed by atoms with van der Waals surface area (Å²) in [7, 11) is 1.56. The normalized spacial score (nSPS) is 14.8. The Bertz CT molecular complexity index is 1000. The Morgan fingerprint density at radius 2 is 1.76 bits per heavy atom. The minimum absolute atomic E-state index is 0.278. The molecule has 0 aliphatic heterocycles. The Kier molecular flexibility index (Phi) is 13.3. The summed E-state index contributed by atoms with van der Waals surface area (Å²) in [6, 6.07) is 7.44. The van der Waals surface area contributed by atoms with Crippen LogP contribution in [0.5, 0.6) is 0 Å². The molecule has 1 atom stereocenters. The van der Waals surface area contributed by atoms with Gasteiger partial charge in [0, 0.05) is 6.54 Å². The molecule has 0 bridgehead atoms. The number of benzene rings is 1. The van der Waals surface area contributed by atoms with Crippen LogP contribution in [-0.2, 0) is 15.9 Å². The topological polar surface area (TPSA) is 59.8 Å². The second-order valence-electron chi connectivity index (χ2n) is 9.63. The SMILES string of the molecule is C=C(NCCCc1ccc(/C(=C/C(C)C(F)(F)F)N(N)C2=CCC=C(OC)C=C2)cc1)OC(C)(C)C.CC. The quantitative estimate of drug-likeness (QED) is 0.132. The van der Waals surface area contributed by atoms with Crippen LogP contribution in [0.1, 0.15) is 65.5 Å². The Labute approximate surface area is 226 Å². The van der Waals surface area contributed by atoms with Gasteiger partial charge in [-0.25, -0.2) is 5.84 Å². The highest BCUT2D eigenvalue weighted by molar-refractivity contribution is 5.66. The molecule has 2 rings (SSSR count). The predicted octanol–water partition coefficient (Wildman–Crippen LogP) is 7.61. The zero-order chi connectivity index (χ0) is 28.9. The first kappa shape index (κ1) is 32.9. The van der Waals surface area contributed by atoms with Crippen LogP contribution in [-0.4, -0.2) is 30.4 Å². The highest BCUT2D eigenvalue weighted by Crippen LogP contribution is 2.32. The van der Waals surface area contributed by atoms with Crippen LogP contribution >= 0.6 is 0 Å². The molecule has 0 spiro atoms. The van der Waals surface area contributed by atoms with Gasteiger partial charge in [-0.3, -0.25) is 5.01 Å². The second-order valence-corrected chi connectivity index (χ2v) is 9.63. The molecule has 0 saturated carbocycles. The zero-order valence-electron chi connectivity index (χ0n) is 23.8. The van der Waals surface area contributed by atoms with Crippen molar-refractivity contribution in [1.29, 1.82) is 0 Å². The molecule has 1 aromatic carbocycles. The van der Waals surface area contributed by atoms with Crippen LogP contribution in [0.3, 0.4) is 0 Å². The first-order valence-corrected chi connectivity index (χ1v) is 13.0. The molecule has 0 saturated heterocycles. The van der Waals surface area contributed by atoms with Crippen molar-refractivity contribution in [2.24, 2.45) is 11.8 Å². The summed E-state index contributed by atoms with van der Waals surface area (Å²) in [4.78, 5) is 0. The lowest BCUT2D eigenvalue weighted by atomic mass is 10.0. The second kappa shape index (κ2) is 15.3. The molecule has 0 heterocycles. The van der Waals surface area contributed by atoms with E-state index in [4.69, 9.17) is 15.3 Å². The molecule has 38 heavy (non-hydrogen) atoms. The molecule has 1 aromatic rings. The van der Waals surface area contributed by atoms with Gasteiger partial charge < -0.3 is 14.8 Å². The van der Waals surface area contributed by atoms with Gasteiger partial charge in [0.2, 0.25) is 0 Å². The van der Waals surface area contributed by atoms with E-state index >= 15 is 0 Å². The molecule has 212 valence electrons. The monoisotopic (exact) mass is 535 g/mol. The third-order valence-electron chi connectivity index (χ3n) is 5.41. The standard InChI is InChI=1S/C28H38F3N3O2.C2H6/c1-20(28(29,30)31)19-26(34(32)24-10-7-11-25(35-6)17-16-24)23-14-12-22(13-15-23)9-8-18-33-21(2)36-27(3,4)5;1-2/h10-17,19-20,33H,2,7-9,18,32H2,1,3-6H3;1-2H3/b26-19-;. The number of nitrogens with two attached hydrogens (primary N) is 1. The molecular weight excluding hydrogens is 491 g/mol. The molecule has 0 aromatic heterocycles. The molecule has 0 radical (unpaired) electrons. The van der Waals surface area contributed by atoms with E-state index in [9.17, 15) is 13.2 Å². The maximum Gasteiger partial charge on any atom is 0.394 e. The number of rotatable bonds is 11. The van der Waals surface area contributed by atoms with Crippen molar-refractivity contribution in [3.8, 4) is 0 Å². The number of nitrogens with one attached hydrogen (secondary N) is 1. The van der Waals surface area contributed by atoms with E-state index in [1.807, 2.05) is 58.9 Å². The van der Waals surface area contributed by atoms with Crippen LogP contribution in [0.15, 0.2) is 78.6 Å². The fourth-order valence-corrected chi connectivity index (χ4v) is 3.48. The summed E-state index contributed by atoms with van der Waals surface area (Å²) in [5.74, 6) is 5.89. The van der Waals surface area contributed by atoms with E-state index in [1.165, 1.54) is 5.01 Å². The third kappa shape index (κ3) is 11.5. The fourth-order valence-electron chi connectivity index (χ4n) is 3.48. The number of ether oxygens (including phenoxy) is 2. The van der Waals surface area contributed by atoms with E-state index in [2.05, 4.69) is 11.9 Å². The lowest BCUT2D eigenvalue weighted by molar-refractivity contribution is -0.156. The number of halogens is 3. The Hall–Kier alpha value is -3.13. The summed E-state index contributed by atoms with van der Waals surface area (Å²) < 4.78 is 51.1. The lowest BCUT2D eigenvalue weighted by Crippen LogP contribution is -2.29. The van der Waals surface area contributed by atoms with Gasteiger partial charge in [0.25, 0.3) is 0 Å². The van der Waals surface area contributed by atoms with E-state index in [1.54, 1.807) is 31.4 Å². The van der Waals surface area contributed by atoms with Crippen molar-refractivity contribution in [2.75, 3.05) is 13.7 Å². The Balaban J connectivity index is 0.00000352. The van der Waals surface area contributed by atoms with E-state index in [0.717, 1.165) is 31.4 Å². The van der Waals surface area contributed by atoms with Gasteiger partial charge in [0.15, 0.2) is 5.88 Å². The number of hydrazine groups is 1. The molecule has 5 nitrogen and oxygen atoms in total. The molecular formula is C30H44F3N3O2. The molecule has 1 aliphatic rings. The summed E-state index contributed by atoms with van der Waals surface area (Å²) in [5.41, 5.74) is 2.21. The highest BCUT2D eigenvalue weighted by Gasteiger charge is 2.35. The fraction of sp³-hybridized carbons (Fsp3) is 0.467. The molecule has 1 aliphatic carbocycles. The molecule has 1 unspecified atom stereocenters. The average molecular weight is 536 g/mol. The van der Waals surface area contributed by atoms with Crippen LogP contribution in [0.25, 0.3) is 5.70 Å². The highest BCUT2D eigenvalue weighted by atomic mass is 19.4. The van der Waals surface area contributed by atoms with E-state index in [-0.39, 0.29) is 11.3 Å². The minimum Gasteiger partial charge on any atom is -0.497 e. The van der Waals surface area contributed by atoms with Crippen molar-refractivity contribution in [2.45, 2.75) is 72.6 Å². The Morgan fingerprint density at radius 1 is 1.13 bits per heavy atom. The van der Waals surface area contributed by atoms with Gasteiger partial charge in [0.05, 0.1) is 24.4 Å². The van der Waals surface area contributed by atoms with Crippen molar-refractivity contribution in [3.63, 3.8) is 0 Å². The Morgan fingerprint density at radius 3 is 2.32 bits per heavy atom. The van der Waals surface area contributed by atoms with Crippen LogP contribution < -0.4 is 11.2 Å². The van der Waals surface area contributed by atoms with Gasteiger partial charge in [-0.2, -0.15) is 13.2 Å². The largest absolute Gasteiger partial charge is 0.497 e. The molecule has 0 fully saturated rings. The van der Waals surface area contributed by atoms with Crippen LogP contribution in [0.2, 0.25) is 0 Å². The van der Waals surface area contributed by atoms with Crippen molar-refractivity contribution >= 4 is 5.70 Å². The molecule has 8 heteroatoms. The number of hydrogen-bond acceptors (Lipinski definition) is 5. The van der Waals surface area contributed by atoms with Crippen LogP contribution in [0.4, 0.5) is 13.2 Å². The predicted molar refractivity (Wildman–Crippen MR) is 150 cm³/mol. The first-order valence-electron chi connectivity index (χ1n) is 13.0. The van der Waals surface area contributed by atoms with Crippen molar-refractivity contribution < 1.29 is 22.6 Å². The number of methoxy groups -OCH3 is 1. The van der Waals surface area contributed by atoms with Gasteiger partial charge in [0.1, 0.15) is 11.4 Å². The van der Waals surface area contributed by atoms with Crippen molar-refractivity contribution in [3.05, 3.63) is 89.7 Å². The maximum absolute atomic E-state index is 13.4. The molecule has 0 amide bonds. The number of nitrogens with zero attached hydrogens (tertiary/aromatic N) is 1. The smallest absolute Gasteiger partial charge is 0.394 e. The summed E-state index contributed by atoms with van der Waals surface area (Å²) in [6.07, 6.45) is 6.13. The number of hydrogen-bond donors (Lipinski definition) is 2. The van der Waals surface area contributed by atoms with Gasteiger partial charge in [-0.05, 0) is 82.0 Å². The van der Waals surface area contributed by atoms with Gasteiger partial charge >= 0.3 is 6.18 Å². The van der Waals surface area contributed by atoms with Gasteiger partial charge in [-0.1, -0.05) is 51.1 Å². The third-order valence-corrected chi connectivity index (χ3v) is 5.41. The summed E-state index contributed by atoms with van der Waals surface area (Å²) in [5, 5.41) is 4.45. The van der Waals surface area contributed by atoms with Gasteiger partial charge in [-0.15, -0.1) is 0 Å². The summed E-state index contributed by atoms with van der Waals surface area (Å²) in [6.45, 7) is 15.6. The zero-order valence-corrected chi connectivity index (χ0v) is 23.8. The number of allylic oxidation sites excluding steroid dienone is 5. The minimum atomic E-state index is -4.38. The van der Waals surface area contributed by atoms with Crippen LogP contribution in [0, 0.1) is 5.92 Å².